The number of amides is 2. The summed E-state index contributed by atoms with van der Waals surface area (Å²) in [6.07, 6.45) is 6.86. The highest BCUT2D eigenvalue weighted by atomic mass is 16.5. The van der Waals surface area contributed by atoms with E-state index in [0.29, 0.717) is 19.6 Å². The minimum atomic E-state index is -0.684. The highest BCUT2D eigenvalue weighted by molar-refractivity contribution is 5.93. The first-order valence-corrected chi connectivity index (χ1v) is 10.4. The lowest BCUT2D eigenvalue weighted by Crippen LogP contribution is -2.44. The van der Waals surface area contributed by atoms with Crippen LogP contribution in [0.4, 0.5) is 0 Å². The number of hydrogen-bond acceptors (Lipinski definition) is 4. The zero-order valence-electron chi connectivity index (χ0n) is 17.5. The van der Waals surface area contributed by atoms with Gasteiger partial charge in [0.2, 0.25) is 11.8 Å². The molecule has 0 saturated carbocycles. The van der Waals surface area contributed by atoms with Gasteiger partial charge in [-0.05, 0) is 31.0 Å². The van der Waals surface area contributed by atoms with E-state index in [1.807, 2.05) is 23.1 Å². The van der Waals surface area contributed by atoms with E-state index in [1.54, 1.807) is 24.5 Å². The summed E-state index contributed by atoms with van der Waals surface area (Å²) < 4.78 is 11.4. The molecule has 5 rings (SSSR count). The molecular formula is C24H26N2O4. The van der Waals surface area contributed by atoms with Gasteiger partial charge in [0.1, 0.15) is 5.60 Å². The Bertz CT molecular complexity index is 1030. The number of benzene rings is 1. The second-order valence-electron chi connectivity index (χ2n) is 8.85. The van der Waals surface area contributed by atoms with E-state index in [-0.39, 0.29) is 17.9 Å². The van der Waals surface area contributed by atoms with Crippen molar-refractivity contribution in [2.75, 3.05) is 13.6 Å². The van der Waals surface area contributed by atoms with E-state index in [4.69, 9.17) is 9.15 Å². The van der Waals surface area contributed by atoms with Gasteiger partial charge < -0.3 is 19.0 Å². The van der Waals surface area contributed by atoms with Crippen LogP contribution in [0.1, 0.15) is 22.3 Å². The molecule has 6 nitrogen and oxygen atoms in total. The van der Waals surface area contributed by atoms with Gasteiger partial charge in [0.05, 0.1) is 37.0 Å². The molecule has 2 fully saturated rings. The molecule has 156 valence electrons. The quantitative estimate of drug-likeness (QED) is 0.717. The summed E-state index contributed by atoms with van der Waals surface area (Å²) >= 11 is 0. The van der Waals surface area contributed by atoms with Crippen LogP contribution in [0.3, 0.4) is 0 Å². The number of carbonyl (C=O) groups is 2. The lowest BCUT2D eigenvalue weighted by atomic mass is 9.76. The number of hydrogen-bond donors (Lipinski definition) is 0. The number of ether oxygens (including phenoxy) is 1. The summed E-state index contributed by atoms with van der Waals surface area (Å²) in [5.41, 5.74) is 3.71. The van der Waals surface area contributed by atoms with Crippen molar-refractivity contribution in [2.24, 2.45) is 11.8 Å². The van der Waals surface area contributed by atoms with E-state index < -0.39 is 17.4 Å². The molecule has 6 heteroatoms. The molecule has 3 aliphatic rings. The van der Waals surface area contributed by atoms with Crippen LogP contribution in [0, 0.1) is 25.7 Å². The number of aryl methyl sites for hydroxylation is 2. The maximum absolute atomic E-state index is 13.5. The first-order chi connectivity index (χ1) is 14.4. The maximum Gasteiger partial charge on any atom is 0.230 e. The SMILES string of the molecule is Cc1ccc(C)c(CN2C[C@]34C=C[C@H](O3)[C@@H](C(=O)N(C)Cc3ccoc3)[C@@H]4C2=O)c1. The highest BCUT2D eigenvalue weighted by Gasteiger charge is 2.67. The number of rotatable bonds is 5. The predicted octanol–water partition coefficient (Wildman–Crippen LogP) is 2.84. The standard InChI is InChI=1S/C24H26N2O4/c1-15-4-5-16(2)18(10-15)12-26-14-24-8-6-19(30-24)20(21(24)23(26)28)22(27)25(3)11-17-7-9-29-13-17/h4-10,13,19-21H,11-12,14H2,1-3H3/t19-,20+,21+,24-/m0/s1. The number of nitrogens with zero attached hydrogens (tertiary/aromatic N) is 2. The predicted molar refractivity (Wildman–Crippen MR) is 110 cm³/mol. The largest absolute Gasteiger partial charge is 0.472 e. The van der Waals surface area contributed by atoms with Crippen LogP contribution in [0.2, 0.25) is 0 Å². The summed E-state index contributed by atoms with van der Waals surface area (Å²) in [5.74, 6) is -0.989. The number of likely N-dealkylation sites (tertiary alicyclic amines) is 1. The Balaban J connectivity index is 1.38. The third-order valence-corrected chi connectivity index (χ3v) is 6.71. The Labute approximate surface area is 176 Å². The molecule has 1 aromatic heterocycles. The van der Waals surface area contributed by atoms with Gasteiger partial charge in [0, 0.05) is 25.7 Å². The average Bonchev–Trinajstić information content (AvgIpc) is 3.47. The fourth-order valence-corrected chi connectivity index (χ4v) is 5.16. The molecule has 0 unspecified atom stereocenters. The Morgan fingerprint density at radius 3 is 2.90 bits per heavy atom. The van der Waals surface area contributed by atoms with Crippen molar-refractivity contribution in [3.8, 4) is 0 Å². The molecule has 30 heavy (non-hydrogen) atoms. The van der Waals surface area contributed by atoms with Crippen LogP contribution in [-0.4, -0.2) is 46.9 Å². The van der Waals surface area contributed by atoms with Crippen molar-refractivity contribution >= 4 is 11.8 Å². The number of carbonyl (C=O) groups excluding carboxylic acids is 2. The van der Waals surface area contributed by atoms with Crippen molar-refractivity contribution in [2.45, 2.75) is 38.6 Å². The first-order valence-electron chi connectivity index (χ1n) is 10.4. The van der Waals surface area contributed by atoms with E-state index in [9.17, 15) is 9.59 Å². The molecule has 2 aromatic rings. The van der Waals surface area contributed by atoms with E-state index in [2.05, 4.69) is 32.0 Å². The van der Waals surface area contributed by atoms with Crippen molar-refractivity contribution in [3.63, 3.8) is 0 Å². The van der Waals surface area contributed by atoms with Crippen molar-refractivity contribution in [1.29, 1.82) is 0 Å². The normalized spacial score (nSPS) is 29.0. The topological polar surface area (TPSA) is 63.0 Å². The van der Waals surface area contributed by atoms with Gasteiger partial charge in [-0.25, -0.2) is 0 Å². The fraction of sp³-hybridized carbons (Fsp3) is 0.417. The zero-order chi connectivity index (χ0) is 21.0. The Kier molecular flexibility index (Phi) is 4.36. The van der Waals surface area contributed by atoms with Crippen molar-refractivity contribution in [1.82, 2.24) is 9.80 Å². The monoisotopic (exact) mass is 406 g/mol. The lowest BCUT2D eigenvalue weighted by Gasteiger charge is -2.27. The van der Waals surface area contributed by atoms with Gasteiger partial charge in [0.15, 0.2) is 0 Å². The molecule has 4 heterocycles. The van der Waals surface area contributed by atoms with Crippen LogP contribution >= 0.6 is 0 Å². The number of fused-ring (bicyclic) bond motifs is 1. The molecule has 1 spiro atoms. The van der Waals surface area contributed by atoms with Crippen LogP contribution in [-0.2, 0) is 27.4 Å². The van der Waals surface area contributed by atoms with E-state index >= 15 is 0 Å². The van der Waals surface area contributed by atoms with E-state index in [1.165, 1.54) is 5.56 Å². The van der Waals surface area contributed by atoms with Crippen molar-refractivity contribution in [3.05, 3.63) is 71.2 Å². The minimum Gasteiger partial charge on any atom is -0.472 e. The smallest absolute Gasteiger partial charge is 0.230 e. The first kappa shape index (κ1) is 19.1. The van der Waals surface area contributed by atoms with E-state index in [0.717, 1.165) is 16.7 Å². The highest BCUT2D eigenvalue weighted by Crippen LogP contribution is 2.52. The van der Waals surface area contributed by atoms with Crippen molar-refractivity contribution < 1.29 is 18.7 Å². The third kappa shape index (κ3) is 2.89. The summed E-state index contributed by atoms with van der Waals surface area (Å²) in [6.45, 7) is 5.60. The van der Waals surface area contributed by atoms with Gasteiger partial charge in [-0.15, -0.1) is 0 Å². The fourth-order valence-electron chi connectivity index (χ4n) is 5.16. The molecule has 2 saturated heterocycles. The summed E-state index contributed by atoms with van der Waals surface area (Å²) in [7, 11) is 1.77. The average molecular weight is 406 g/mol. The summed E-state index contributed by atoms with van der Waals surface area (Å²) in [4.78, 5) is 30.3. The molecule has 4 atom stereocenters. The Morgan fingerprint density at radius 2 is 2.13 bits per heavy atom. The molecule has 1 aromatic carbocycles. The van der Waals surface area contributed by atoms with Crippen LogP contribution in [0.25, 0.3) is 0 Å². The van der Waals surface area contributed by atoms with Crippen LogP contribution in [0.5, 0.6) is 0 Å². The second-order valence-corrected chi connectivity index (χ2v) is 8.85. The molecule has 3 aliphatic heterocycles. The molecule has 2 bridgehead atoms. The zero-order valence-corrected chi connectivity index (χ0v) is 17.5. The van der Waals surface area contributed by atoms with Gasteiger partial charge in [-0.3, -0.25) is 9.59 Å². The summed E-state index contributed by atoms with van der Waals surface area (Å²) in [5, 5.41) is 0. The minimum absolute atomic E-state index is 0.0119. The molecule has 0 aliphatic carbocycles. The third-order valence-electron chi connectivity index (χ3n) is 6.71. The molecule has 0 radical (unpaired) electrons. The lowest BCUT2D eigenvalue weighted by molar-refractivity contribution is -0.142. The molecule has 2 amide bonds. The van der Waals surface area contributed by atoms with Crippen LogP contribution < -0.4 is 0 Å². The molecular weight excluding hydrogens is 380 g/mol. The Morgan fingerprint density at radius 1 is 1.30 bits per heavy atom. The molecule has 0 N–H and O–H groups in total. The second kappa shape index (κ2) is 6.84. The maximum atomic E-state index is 13.5. The summed E-state index contributed by atoms with van der Waals surface area (Å²) in [6, 6.07) is 8.14. The number of furan rings is 1. The van der Waals surface area contributed by atoms with Crippen LogP contribution in [0.15, 0.2) is 53.4 Å². The van der Waals surface area contributed by atoms with Gasteiger partial charge in [-0.2, -0.15) is 0 Å². The van der Waals surface area contributed by atoms with Gasteiger partial charge >= 0.3 is 0 Å². The van der Waals surface area contributed by atoms with Gasteiger partial charge in [0.25, 0.3) is 0 Å². The Hall–Kier alpha value is -2.86. The van der Waals surface area contributed by atoms with Gasteiger partial charge in [-0.1, -0.05) is 35.9 Å².